The highest BCUT2D eigenvalue weighted by Crippen LogP contribution is 2.55. The SMILES string of the molecule is C=C[C@H]1[C@H](O)CN1c1cc(N2C[C@@H]3C(CC(=O)O)[C@@H]3C2)c(Cl)c(C(C)(F)F)n1. The lowest BCUT2D eigenvalue weighted by molar-refractivity contribution is -0.137. The van der Waals surface area contributed by atoms with Crippen LogP contribution < -0.4 is 9.80 Å². The molecule has 1 aromatic heterocycles. The number of aliphatic hydroxyl groups excluding tert-OH is 1. The van der Waals surface area contributed by atoms with E-state index >= 15 is 0 Å². The number of carboxylic acids is 1. The number of aliphatic carboxylic acids is 1. The summed E-state index contributed by atoms with van der Waals surface area (Å²) in [7, 11) is 0. The van der Waals surface area contributed by atoms with Gasteiger partial charge in [0.1, 0.15) is 11.5 Å². The van der Waals surface area contributed by atoms with Gasteiger partial charge in [0.05, 0.1) is 22.9 Å². The summed E-state index contributed by atoms with van der Waals surface area (Å²) < 4.78 is 28.4. The van der Waals surface area contributed by atoms with Crippen molar-refractivity contribution in [2.45, 2.75) is 31.4 Å². The van der Waals surface area contributed by atoms with Gasteiger partial charge >= 0.3 is 5.97 Å². The number of anilines is 2. The summed E-state index contributed by atoms with van der Waals surface area (Å²) in [5.41, 5.74) is -0.0119. The van der Waals surface area contributed by atoms with Crippen LogP contribution in [0.25, 0.3) is 0 Å². The monoisotopic (exact) mass is 413 g/mol. The number of nitrogens with zero attached hydrogens (tertiary/aromatic N) is 3. The lowest BCUT2D eigenvalue weighted by Gasteiger charge is -2.45. The summed E-state index contributed by atoms with van der Waals surface area (Å²) in [6.07, 6.45) is 1.10. The molecule has 0 spiro atoms. The zero-order chi connectivity index (χ0) is 20.4. The molecule has 1 aromatic rings. The molecule has 0 amide bonds. The first-order chi connectivity index (χ1) is 13.1. The molecule has 2 aliphatic heterocycles. The zero-order valence-electron chi connectivity index (χ0n) is 15.4. The molecule has 0 radical (unpaired) electrons. The second-order valence-corrected chi connectivity index (χ2v) is 8.37. The van der Waals surface area contributed by atoms with Gasteiger partial charge in [-0.1, -0.05) is 17.7 Å². The maximum absolute atomic E-state index is 14.2. The third kappa shape index (κ3) is 3.12. The van der Waals surface area contributed by atoms with E-state index in [1.807, 2.05) is 4.90 Å². The number of aliphatic hydroxyl groups is 1. The Labute approximate surface area is 166 Å². The van der Waals surface area contributed by atoms with Crippen LogP contribution >= 0.6 is 11.6 Å². The average Bonchev–Trinajstić information content (AvgIpc) is 3.02. The quantitative estimate of drug-likeness (QED) is 0.698. The molecule has 5 atom stereocenters. The van der Waals surface area contributed by atoms with Crippen molar-refractivity contribution in [2.24, 2.45) is 17.8 Å². The number of carbonyl (C=O) groups is 1. The topological polar surface area (TPSA) is 76.9 Å². The second-order valence-electron chi connectivity index (χ2n) is 7.99. The molecule has 4 rings (SSSR count). The highest BCUT2D eigenvalue weighted by atomic mass is 35.5. The molecule has 2 saturated heterocycles. The Kier molecular flexibility index (Phi) is 4.54. The van der Waals surface area contributed by atoms with Gasteiger partial charge in [0.25, 0.3) is 5.92 Å². The van der Waals surface area contributed by atoms with Gasteiger partial charge in [-0.2, -0.15) is 8.78 Å². The van der Waals surface area contributed by atoms with Gasteiger partial charge in [-0.05, 0) is 17.8 Å². The van der Waals surface area contributed by atoms with E-state index in [0.717, 1.165) is 6.92 Å². The van der Waals surface area contributed by atoms with Gasteiger partial charge in [-0.25, -0.2) is 4.98 Å². The van der Waals surface area contributed by atoms with Crippen LogP contribution in [-0.4, -0.2) is 52.9 Å². The molecular formula is C19H22ClF2N3O3. The van der Waals surface area contributed by atoms with Crippen LogP contribution in [0.1, 0.15) is 19.0 Å². The number of carboxylic acid groups (broad SMARTS) is 1. The van der Waals surface area contributed by atoms with Crippen molar-refractivity contribution in [3.63, 3.8) is 0 Å². The van der Waals surface area contributed by atoms with Gasteiger partial charge in [0, 0.05) is 39.0 Å². The Morgan fingerprint density at radius 2 is 2.07 bits per heavy atom. The van der Waals surface area contributed by atoms with Crippen LogP contribution in [-0.2, 0) is 10.7 Å². The first kappa shape index (κ1) is 19.4. The lowest BCUT2D eigenvalue weighted by Crippen LogP contribution is -2.59. The number of hydrogen-bond donors (Lipinski definition) is 2. The molecule has 3 aliphatic rings. The van der Waals surface area contributed by atoms with Crippen molar-refractivity contribution in [3.05, 3.63) is 29.4 Å². The van der Waals surface area contributed by atoms with Crippen molar-refractivity contribution < 1.29 is 23.8 Å². The largest absolute Gasteiger partial charge is 0.481 e. The summed E-state index contributed by atoms with van der Waals surface area (Å²) in [5.74, 6) is -3.05. The van der Waals surface area contributed by atoms with Gasteiger partial charge in [-0.15, -0.1) is 6.58 Å². The minimum Gasteiger partial charge on any atom is -0.481 e. The number of piperidine rings is 1. The van der Waals surface area contributed by atoms with Gasteiger partial charge < -0.3 is 20.0 Å². The molecule has 0 aromatic carbocycles. The Morgan fingerprint density at radius 1 is 1.43 bits per heavy atom. The van der Waals surface area contributed by atoms with E-state index in [4.69, 9.17) is 16.7 Å². The van der Waals surface area contributed by atoms with Crippen LogP contribution in [0.2, 0.25) is 5.02 Å². The lowest BCUT2D eigenvalue weighted by atomic mass is 9.99. The smallest absolute Gasteiger partial charge is 0.303 e. The van der Waals surface area contributed by atoms with Gasteiger partial charge in [-0.3, -0.25) is 4.79 Å². The fourth-order valence-corrected chi connectivity index (χ4v) is 4.94. The summed E-state index contributed by atoms with van der Waals surface area (Å²) in [6.45, 7) is 5.91. The second kappa shape index (κ2) is 6.56. The molecule has 0 bridgehead atoms. The Balaban J connectivity index is 1.63. The normalized spacial score (nSPS) is 31.4. The highest BCUT2D eigenvalue weighted by molar-refractivity contribution is 6.34. The third-order valence-electron chi connectivity index (χ3n) is 6.14. The molecule has 152 valence electrons. The van der Waals surface area contributed by atoms with Crippen molar-refractivity contribution in [1.82, 2.24) is 4.98 Å². The van der Waals surface area contributed by atoms with E-state index in [-0.39, 0.29) is 41.8 Å². The van der Waals surface area contributed by atoms with Crippen molar-refractivity contribution in [3.8, 4) is 0 Å². The molecule has 6 nitrogen and oxygen atoms in total. The molecule has 28 heavy (non-hydrogen) atoms. The first-order valence-electron chi connectivity index (χ1n) is 9.24. The van der Waals surface area contributed by atoms with Crippen molar-refractivity contribution in [2.75, 3.05) is 29.4 Å². The number of hydrogen-bond acceptors (Lipinski definition) is 5. The molecule has 1 unspecified atom stereocenters. The number of aromatic nitrogens is 1. The van der Waals surface area contributed by atoms with E-state index in [1.165, 1.54) is 0 Å². The van der Waals surface area contributed by atoms with E-state index < -0.39 is 23.7 Å². The maximum atomic E-state index is 14.2. The first-order valence-corrected chi connectivity index (χ1v) is 9.62. The minimum atomic E-state index is -3.22. The van der Waals surface area contributed by atoms with Crippen LogP contribution in [0, 0.1) is 17.8 Å². The fraction of sp³-hybridized carbons (Fsp3) is 0.579. The maximum Gasteiger partial charge on any atom is 0.303 e. The molecule has 3 heterocycles. The summed E-state index contributed by atoms with van der Waals surface area (Å²) in [5, 5.41) is 18.8. The molecule has 3 fully saturated rings. The molecule has 1 aliphatic carbocycles. The average molecular weight is 414 g/mol. The molecule has 2 N–H and O–H groups in total. The standard InChI is InChI=1S/C19H22ClF2N3O3/c1-3-12-14(26)8-25(12)15-5-13(17(20)18(23-15)19(2,21)22)24-6-10-9(4-16(27)28)11(10)7-24/h3,5,9-12,14,26H,1,4,6-8H2,2H3,(H,27,28)/t9?,10-,11+,12-,14+/m0/s1. The van der Waals surface area contributed by atoms with Crippen molar-refractivity contribution in [1.29, 1.82) is 0 Å². The van der Waals surface area contributed by atoms with E-state index in [9.17, 15) is 18.7 Å². The number of pyridine rings is 1. The predicted octanol–water partition coefficient (Wildman–Crippen LogP) is 2.74. The Hall–Kier alpha value is -1.93. The zero-order valence-corrected chi connectivity index (χ0v) is 16.1. The molecule has 9 heteroatoms. The van der Waals surface area contributed by atoms with E-state index in [1.54, 1.807) is 17.0 Å². The summed E-state index contributed by atoms with van der Waals surface area (Å²) in [6, 6.07) is 1.29. The summed E-state index contributed by atoms with van der Waals surface area (Å²) in [4.78, 5) is 18.7. The molecule has 1 saturated carbocycles. The van der Waals surface area contributed by atoms with Crippen LogP contribution in [0.4, 0.5) is 20.3 Å². The third-order valence-corrected chi connectivity index (χ3v) is 6.51. The van der Waals surface area contributed by atoms with Gasteiger partial charge in [0.2, 0.25) is 0 Å². The Morgan fingerprint density at radius 3 is 2.57 bits per heavy atom. The fourth-order valence-electron chi connectivity index (χ4n) is 4.55. The predicted molar refractivity (Wildman–Crippen MR) is 101 cm³/mol. The Bertz CT molecular complexity index is 819. The number of halogens is 3. The van der Waals surface area contributed by atoms with Crippen LogP contribution in [0.3, 0.4) is 0 Å². The van der Waals surface area contributed by atoms with Gasteiger partial charge in [0.15, 0.2) is 0 Å². The van der Waals surface area contributed by atoms with Crippen LogP contribution in [0.15, 0.2) is 18.7 Å². The summed E-state index contributed by atoms with van der Waals surface area (Å²) >= 11 is 6.33. The van der Waals surface area contributed by atoms with Crippen molar-refractivity contribution >= 4 is 29.1 Å². The van der Waals surface area contributed by atoms with E-state index in [2.05, 4.69) is 11.6 Å². The number of rotatable bonds is 6. The number of fused-ring (bicyclic) bond motifs is 1. The van der Waals surface area contributed by atoms with Crippen LogP contribution in [0.5, 0.6) is 0 Å². The highest BCUT2D eigenvalue weighted by Gasteiger charge is 2.56. The molecular weight excluding hydrogens is 392 g/mol. The number of alkyl halides is 2. The number of β-amino-alcohol motifs (C(OH)–C–C–N with tert-alkyl or cyclic N) is 1. The van der Waals surface area contributed by atoms with E-state index in [0.29, 0.717) is 24.6 Å². The minimum absolute atomic E-state index is 0.0800.